The second-order valence-electron chi connectivity index (χ2n) is 5.32. The van der Waals surface area contributed by atoms with Crippen LogP contribution < -0.4 is 10.6 Å². The summed E-state index contributed by atoms with van der Waals surface area (Å²) >= 11 is 0. The molecule has 0 amide bonds. The molecule has 1 fully saturated rings. The van der Waals surface area contributed by atoms with Crippen LogP contribution >= 0.6 is 0 Å². The summed E-state index contributed by atoms with van der Waals surface area (Å²) in [5, 5.41) is 0. The molecule has 1 atom stereocenters. The van der Waals surface area contributed by atoms with E-state index in [1.165, 1.54) is 11.3 Å². The number of anilines is 1. The van der Waals surface area contributed by atoms with Gasteiger partial charge in [-0.2, -0.15) is 0 Å². The van der Waals surface area contributed by atoms with E-state index in [-0.39, 0.29) is 0 Å². The Morgan fingerprint density at radius 2 is 2.17 bits per heavy atom. The normalized spacial score (nSPS) is 21.3. The second kappa shape index (κ2) is 6.21. The maximum atomic E-state index is 5.58. The molecule has 1 heterocycles. The van der Waals surface area contributed by atoms with Crippen LogP contribution in [0, 0.1) is 6.92 Å². The lowest BCUT2D eigenvalue weighted by molar-refractivity contribution is 0.227. The predicted molar refractivity (Wildman–Crippen MR) is 78.1 cm³/mol. The van der Waals surface area contributed by atoms with Gasteiger partial charge >= 0.3 is 0 Å². The molecule has 0 aliphatic carbocycles. The van der Waals surface area contributed by atoms with Crippen molar-refractivity contribution in [1.82, 2.24) is 4.90 Å². The quantitative estimate of drug-likeness (QED) is 0.881. The number of aryl methyl sites for hydroxylation is 1. The maximum Gasteiger partial charge on any atom is 0.0389 e. The van der Waals surface area contributed by atoms with Gasteiger partial charge in [-0.25, -0.2) is 0 Å². The zero-order valence-corrected chi connectivity index (χ0v) is 11.6. The van der Waals surface area contributed by atoms with Crippen molar-refractivity contribution in [2.45, 2.75) is 26.3 Å². The summed E-state index contributed by atoms with van der Waals surface area (Å²) in [4.78, 5) is 5.05. The summed E-state index contributed by atoms with van der Waals surface area (Å²) < 4.78 is 0. The zero-order valence-electron chi connectivity index (χ0n) is 11.6. The molecule has 0 radical (unpaired) electrons. The lowest BCUT2D eigenvalue weighted by Gasteiger charge is -2.41. The fraction of sp³-hybridized carbons (Fsp3) is 0.600. The molecule has 18 heavy (non-hydrogen) atoms. The highest BCUT2D eigenvalue weighted by Crippen LogP contribution is 2.21. The first-order chi connectivity index (χ1) is 8.70. The van der Waals surface area contributed by atoms with Crippen molar-refractivity contribution in [2.75, 3.05) is 37.6 Å². The van der Waals surface area contributed by atoms with Crippen LogP contribution in [0.4, 0.5) is 5.69 Å². The molecular formula is C15H25N3. The van der Waals surface area contributed by atoms with Gasteiger partial charge in [-0.3, -0.25) is 4.90 Å². The van der Waals surface area contributed by atoms with E-state index in [0.29, 0.717) is 6.04 Å². The van der Waals surface area contributed by atoms with Gasteiger partial charge < -0.3 is 10.6 Å². The smallest absolute Gasteiger partial charge is 0.0389 e. The molecular weight excluding hydrogens is 222 g/mol. The monoisotopic (exact) mass is 247 g/mol. The summed E-state index contributed by atoms with van der Waals surface area (Å²) in [6, 6.07) is 9.40. The van der Waals surface area contributed by atoms with Gasteiger partial charge in [-0.05, 0) is 51.1 Å². The summed E-state index contributed by atoms with van der Waals surface area (Å²) in [6.07, 6.45) is 1.11. The molecule has 0 spiro atoms. The highest BCUT2D eigenvalue weighted by atomic mass is 15.3. The van der Waals surface area contributed by atoms with Crippen LogP contribution in [0.3, 0.4) is 0 Å². The van der Waals surface area contributed by atoms with Gasteiger partial charge in [0.15, 0.2) is 0 Å². The van der Waals surface area contributed by atoms with Crippen molar-refractivity contribution in [3.8, 4) is 0 Å². The first-order valence-electron chi connectivity index (χ1n) is 6.96. The van der Waals surface area contributed by atoms with Gasteiger partial charge in [0.1, 0.15) is 0 Å². The first-order valence-corrected chi connectivity index (χ1v) is 6.96. The Bertz CT molecular complexity index is 378. The molecule has 1 aromatic rings. The van der Waals surface area contributed by atoms with Crippen LogP contribution in [-0.2, 0) is 0 Å². The molecule has 1 aliphatic rings. The fourth-order valence-corrected chi connectivity index (χ4v) is 2.74. The van der Waals surface area contributed by atoms with E-state index in [4.69, 9.17) is 5.73 Å². The third-order valence-electron chi connectivity index (χ3n) is 3.72. The van der Waals surface area contributed by atoms with Crippen molar-refractivity contribution in [2.24, 2.45) is 5.73 Å². The summed E-state index contributed by atoms with van der Waals surface area (Å²) in [6.45, 7) is 9.83. The Balaban J connectivity index is 1.97. The van der Waals surface area contributed by atoms with E-state index < -0.39 is 0 Å². The van der Waals surface area contributed by atoms with Gasteiger partial charge in [0.25, 0.3) is 0 Å². The summed E-state index contributed by atoms with van der Waals surface area (Å²) in [5.74, 6) is 0. The molecule has 2 rings (SSSR count). The van der Waals surface area contributed by atoms with Gasteiger partial charge in [0, 0.05) is 31.4 Å². The Hall–Kier alpha value is -1.06. The molecule has 0 bridgehead atoms. The van der Waals surface area contributed by atoms with E-state index in [2.05, 4.69) is 47.9 Å². The van der Waals surface area contributed by atoms with Crippen LogP contribution in [0.2, 0.25) is 0 Å². The first kappa shape index (κ1) is 13.4. The molecule has 2 N–H and O–H groups in total. The Morgan fingerprint density at radius 1 is 1.33 bits per heavy atom. The highest BCUT2D eigenvalue weighted by Gasteiger charge is 2.23. The fourth-order valence-electron chi connectivity index (χ4n) is 2.74. The van der Waals surface area contributed by atoms with Crippen molar-refractivity contribution in [3.05, 3.63) is 29.8 Å². The molecule has 0 saturated carbocycles. The van der Waals surface area contributed by atoms with E-state index in [1.54, 1.807) is 0 Å². The number of hydrogen-bond donors (Lipinski definition) is 1. The van der Waals surface area contributed by atoms with Crippen LogP contribution in [-0.4, -0.2) is 43.7 Å². The van der Waals surface area contributed by atoms with Crippen molar-refractivity contribution >= 4 is 5.69 Å². The third kappa shape index (κ3) is 3.24. The molecule has 1 saturated heterocycles. The minimum Gasteiger partial charge on any atom is -0.366 e. The van der Waals surface area contributed by atoms with Gasteiger partial charge in [0.05, 0.1) is 0 Å². The van der Waals surface area contributed by atoms with E-state index in [0.717, 1.165) is 39.1 Å². The number of nitrogens with two attached hydrogens (primary N) is 1. The zero-order chi connectivity index (χ0) is 13.0. The third-order valence-corrected chi connectivity index (χ3v) is 3.72. The summed E-state index contributed by atoms with van der Waals surface area (Å²) in [7, 11) is 0. The largest absolute Gasteiger partial charge is 0.366 e. The topological polar surface area (TPSA) is 32.5 Å². The van der Waals surface area contributed by atoms with Crippen molar-refractivity contribution < 1.29 is 0 Å². The van der Waals surface area contributed by atoms with Crippen LogP contribution in [0.15, 0.2) is 24.3 Å². The average Bonchev–Trinajstić information content (AvgIpc) is 2.36. The number of rotatable bonds is 4. The summed E-state index contributed by atoms with van der Waals surface area (Å²) in [5.41, 5.74) is 8.28. The molecule has 1 unspecified atom stereocenters. The minimum absolute atomic E-state index is 0.582. The number of hydrogen-bond acceptors (Lipinski definition) is 3. The van der Waals surface area contributed by atoms with Gasteiger partial charge in [-0.15, -0.1) is 0 Å². The predicted octanol–water partition coefficient (Wildman–Crippen LogP) is 1.85. The highest BCUT2D eigenvalue weighted by molar-refractivity contribution is 5.49. The van der Waals surface area contributed by atoms with Gasteiger partial charge in [-0.1, -0.05) is 12.1 Å². The molecule has 1 aliphatic heterocycles. The van der Waals surface area contributed by atoms with Crippen molar-refractivity contribution in [3.63, 3.8) is 0 Å². The number of piperazine rings is 1. The standard InChI is InChI=1S/C15H25N3/c1-13-5-3-6-15(11-13)18-10-9-17(8-4-7-16)12-14(18)2/h3,5-6,11,14H,4,7-10,12,16H2,1-2H3. The number of nitrogens with zero attached hydrogens (tertiary/aromatic N) is 2. The van der Waals surface area contributed by atoms with E-state index in [1.807, 2.05) is 0 Å². The lowest BCUT2D eigenvalue weighted by Crippen LogP contribution is -2.52. The van der Waals surface area contributed by atoms with Gasteiger partial charge in [0.2, 0.25) is 0 Å². The Morgan fingerprint density at radius 3 is 2.83 bits per heavy atom. The van der Waals surface area contributed by atoms with E-state index >= 15 is 0 Å². The van der Waals surface area contributed by atoms with Crippen LogP contribution in [0.25, 0.3) is 0 Å². The Labute approximate surface area is 111 Å². The number of benzene rings is 1. The lowest BCUT2D eigenvalue weighted by atomic mass is 10.1. The second-order valence-corrected chi connectivity index (χ2v) is 5.32. The Kier molecular flexibility index (Phi) is 4.61. The average molecular weight is 247 g/mol. The molecule has 3 heteroatoms. The molecule has 0 aromatic heterocycles. The van der Waals surface area contributed by atoms with Crippen LogP contribution in [0.1, 0.15) is 18.9 Å². The molecule has 3 nitrogen and oxygen atoms in total. The van der Waals surface area contributed by atoms with Crippen molar-refractivity contribution in [1.29, 1.82) is 0 Å². The molecule has 100 valence electrons. The minimum atomic E-state index is 0.582. The molecule has 1 aromatic carbocycles. The van der Waals surface area contributed by atoms with Crippen LogP contribution in [0.5, 0.6) is 0 Å². The van der Waals surface area contributed by atoms with E-state index in [9.17, 15) is 0 Å². The maximum absolute atomic E-state index is 5.58. The SMILES string of the molecule is Cc1cccc(N2CCN(CCCN)CC2C)c1.